The lowest BCUT2D eigenvalue weighted by molar-refractivity contribution is -0.130. The Bertz CT molecular complexity index is 908. The van der Waals surface area contributed by atoms with Crippen LogP contribution in [-0.4, -0.2) is 50.7 Å². The number of rotatable bonds is 6. The monoisotopic (exact) mass is 407 g/mol. The molecule has 1 aliphatic heterocycles. The quantitative estimate of drug-likeness (QED) is 0.799. The molecule has 8 heteroatoms. The van der Waals surface area contributed by atoms with Gasteiger partial charge in [0.2, 0.25) is 15.9 Å². The van der Waals surface area contributed by atoms with Crippen molar-refractivity contribution < 1.29 is 13.2 Å². The summed E-state index contributed by atoms with van der Waals surface area (Å²) in [5.74, 6) is 0.0310. The minimum absolute atomic E-state index is 0.0310. The third kappa shape index (κ3) is 4.17. The van der Waals surface area contributed by atoms with Gasteiger partial charge in [-0.3, -0.25) is 4.79 Å². The predicted octanol–water partition coefficient (Wildman–Crippen LogP) is 3.08. The summed E-state index contributed by atoms with van der Waals surface area (Å²) in [5, 5.41) is 5.13. The zero-order valence-electron chi connectivity index (χ0n) is 15.8. The van der Waals surface area contributed by atoms with Crippen LogP contribution in [0.2, 0.25) is 0 Å². The Hall–Kier alpha value is -1.90. The summed E-state index contributed by atoms with van der Waals surface area (Å²) in [6.45, 7) is 2.67. The fourth-order valence-corrected chi connectivity index (χ4v) is 5.32. The lowest BCUT2D eigenvalue weighted by atomic mass is 10.2. The Morgan fingerprint density at radius 3 is 2.78 bits per heavy atom. The molecular weight excluding hydrogens is 382 g/mol. The molecule has 146 valence electrons. The minimum atomic E-state index is -3.52. The highest BCUT2D eigenvalue weighted by Crippen LogP contribution is 2.34. The largest absolute Gasteiger partial charge is 0.376 e. The SMILES string of the molecule is Cc1ccc(NCC(=O)N2CCC[C@@H]2c2cccs2)cc1S(=O)(=O)N(C)C. The highest BCUT2D eigenvalue weighted by atomic mass is 32.2. The number of anilines is 1. The van der Waals surface area contributed by atoms with E-state index >= 15 is 0 Å². The third-order valence-electron chi connectivity index (χ3n) is 4.84. The Morgan fingerprint density at radius 2 is 2.11 bits per heavy atom. The zero-order chi connectivity index (χ0) is 19.6. The van der Waals surface area contributed by atoms with E-state index < -0.39 is 10.0 Å². The van der Waals surface area contributed by atoms with Crippen molar-refractivity contribution in [3.05, 3.63) is 46.2 Å². The maximum atomic E-state index is 12.7. The van der Waals surface area contributed by atoms with Crippen LogP contribution in [0.4, 0.5) is 5.69 Å². The first-order valence-corrected chi connectivity index (χ1v) is 11.2. The van der Waals surface area contributed by atoms with E-state index in [9.17, 15) is 13.2 Å². The molecule has 2 heterocycles. The summed E-state index contributed by atoms with van der Waals surface area (Å²) < 4.78 is 26.1. The Balaban J connectivity index is 1.71. The Morgan fingerprint density at radius 1 is 1.33 bits per heavy atom. The number of aryl methyl sites for hydroxylation is 1. The zero-order valence-corrected chi connectivity index (χ0v) is 17.4. The fourth-order valence-electron chi connectivity index (χ4n) is 3.31. The highest BCUT2D eigenvalue weighted by Gasteiger charge is 2.30. The van der Waals surface area contributed by atoms with Gasteiger partial charge in [0.15, 0.2) is 0 Å². The van der Waals surface area contributed by atoms with Crippen molar-refractivity contribution in [3.63, 3.8) is 0 Å². The smallest absolute Gasteiger partial charge is 0.242 e. The number of hydrogen-bond acceptors (Lipinski definition) is 5. The molecule has 0 radical (unpaired) electrons. The van der Waals surface area contributed by atoms with Crippen LogP contribution in [0.3, 0.4) is 0 Å². The average molecular weight is 408 g/mol. The number of likely N-dealkylation sites (tertiary alicyclic amines) is 1. The van der Waals surface area contributed by atoms with Crippen molar-refractivity contribution in [2.45, 2.75) is 30.7 Å². The molecule has 1 saturated heterocycles. The van der Waals surface area contributed by atoms with E-state index in [0.717, 1.165) is 19.4 Å². The van der Waals surface area contributed by atoms with Crippen molar-refractivity contribution in [3.8, 4) is 0 Å². The second-order valence-electron chi connectivity index (χ2n) is 6.88. The van der Waals surface area contributed by atoms with Gasteiger partial charge in [-0.2, -0.15) is 0 Å². The number of nitrogens with zero attached hydrogens (tertiary/aromatic N) is 2. The topological polar surface area (TPSA) is 69.7 Å². The van der Waals surface area contributed by atoms with Gasteiger partial charge in [0.25, 0.3) is 0 Å². The van der Waals surface area contributed by atoms with Crippen LogP contribution < -0.4 is 5.32 Å². The first-order chi connectivity index (χ1) is 12.8. The number of sulfonamides is 1. The van der Waals surface area contributed by atoms with Crippen molar-refractivity contribution >= 4 is 33.0 Å². The molecule has 0 spiro atoms. The molecule has 1 aliphatic rings. The first-order valence-electron chi connectivity index (χ1n) is 8.90. The van der Waals surface area contributed by atoms with Gasteiger partial charge in [-0.15, -0.1) is 11.3 Å². The summed E-state index contributed by atoms with van der Waals surface area (Å²) >= 11 is 1.68. The molecule has 1 aromatic heterocycles. The number of carbonyl (C=O) groups excluding carboxylic acids is 1. The van der Waals surface area contributed by atoms with E-state index in [1.165, 1.54) is 23.3 Å². The molecule has 27 heavy (non-hydrogen) atoms. The highest BCUT2D eigenvalue weighted by molar-refractivity contribution is 7.89. The number of nitrogens with one attached hydrogen (secondary N) is 1. The number of thiophene rings is 1. The maximum Gasteiger partial charge on any atom is 0.242 e. The van der Waals surface area contributed by atoms with Gasteiger partial charge in [0.1, 0.15) is 0 Å². The fraction of sp³-hybridized carbons (Fsp3) is 0.421. The standard InChI is InChI=1S/C19H25N3O3S2/c1-14-8-9-15(12-18(14)27(24,25)21(2)3)20-13-19(23)22-10-4-6-16(22)17-7-5-11-26-17/h5,7-9,11-12,16,20H,4,6,10,13H2,1-3H3/t16-/m1/s1. The van der Waals surface area contributed by atoms with Gasteiger partial charge in [0, 0.05) is 31.2 Å². The van der Waals surface area contributed by atoms with Crippen molar-refractivity contribution in [1.29, 1.82) is 0 Å². The molecule has 1 atom stereocenters. The van der Waals surface area contributed by atoms with Crippen LogP contribution in [0.1, 0.15) is 29.3 Å². The van der Waals surface area contributed by atoms with E-state index in [0.29, 0.717) is 11.3 Å². The molecule has 1 fully saturated rings. The summed E-state index contributed by atoms with van der Waals surface area (Å²) in [4.78, 5) is 16.1. The molecule has 0 unspecified atom stereocenters. The summed E-state index contributed by atoms with van der Waals surface area (Å²) in [6.07, 6.45) is 1.99. The number of hydrogen-bond donors (Lipinski definition) is 1. The molecule has 0 aliphatic carbocycles. The Kier molecular flexibility index (Phi) is 5.88. The van der Waals surface area contributed by atoms with Gasteiger partial charge in [-0.1, -0.05) is 12.1 Å². The third-order valence-corrected chi connectivity index (χ3v) is 7.77. The van der Waals surface area contributed by atoms with Crippen molar-refractivity contribution in [1.82, 2.24) is 9.21 Å². The number of carbonyl (C=O) groups is 1. The molecule has 2 aromatic rings. The maximum absolute atomic E-state index is 12.7. The van der Waals surface area contributed by atoms with E-state index in [1.54, 1.807) is 36.5 Å². The van der Waals surface area contributed by atoms with Crippen LogP contribution >= 0.6 is 11.3 Å². The van der Waals surface area contributed by atoms with Gasteiger partial charge < -0.3 is 10.2 Å². The average Bonchev–Trinajstić information content (AvgIpc) is 3.31. The molecule has 1 aromatic carbocycles. The van der Waals surface area contributed by atoms with Crippen molar-refractivity contribution in [2.75, 3.05) is 32.5 Å². The second-order valence-corrected chi connectivity index (χ2v) is 9.98. The molecular formula is C19H25N3O3S2. The molecule has 0 bridgehead atoms. The molecule has 3 rings (SSSR count). The number of amides is 1. The molecule has 6 nitrogen and oxygen atoms in total. The van der Waals surface area contributed by atoms with Crippen LogP contribution in [0.25, 0.3) is 0 Å². The van der Waals surface area contributed by atoms with E-state index in [-0.39, 0.29) is 23.4 Å². The van der Waals surface area contributed by atoms with Crippen molar-refractivity contribution in [2.24, 2.45) is 0 Å². The van der Waals surface area contributed by atoms with E-state index in [1.807, 2.05) is 16.3 Å². The molecule has 0 saturated carbocycles. The summed E-state index contributed by atoms with van der Waals surface area (Å²) in [5.41, 5.74) is 1.30. The van der Waals surface area contributed by atoms with Crippen LogP contribution in [0, 0.1) is 6.92 Å². The first kappa shape index (κ1) is 19.9. The number of benzene rings is 1. The van der Waals surface area contributed by atoms with Gasteiger partial charge >= 0.3 is 0 Å². The van der Waals surface area contributed by atoms with Crippen LogP contribution in [0.5, 0.6) is 0 Å². The van der Waals surface area contributed by atoms with E-state index in [4.69, 9.17) is 0 Å². The lowest BCUT2D eigenvalue weighted by Gasteiger charge is -2.24. The van der Waals surface area contributed by atoms with E-state index in [2.05, 4.69) is 11.4 Å². The minimum Gasteiger partial charge on any atom is -0.376 e. The van der Waals surface area contributed by atoms with Crippen LogP contribution in [-0.2, 0) is 14.8 Å². The molecule has 1 amide bonds. The summed E-state index contributed by atoms with van der Waals surface area (Å²) in [6, 6.07) is 9.40. The van der Waals surface area contributed by atoms with Gasteiger partial charge in [-0.05, 0) is 48.9 Å². The lowest BCUT2D eigenvalue weighted by Crippen LogP contribution is -2.34. The predicted molar refractivity (Wildman–Crippen MR) is 109 cm³/mol. The Labute approximate surface area is 164 Å². The normalized spacial score (nSPS) is 17.5. The summed E-state index contributed by atoms with van der Waals surface area (Å²) in [7, 11) is -0.502. The van der Waals surface area contributed by atoms with Crippen LogP contribution in [0.15, 0.2) is 40.6 Å². The van der Waals surface area contributed by atoms with Gasteiger partial charge in [-0.25, -0.2) is 12.7 Å². The van der Waals surface area contributed by atoms with Gasteiger partial charge in [0.05, 0.1) is 17.5 Å². The second kappa shape index (κ2) is 8.00. The molecule has 1 N–H and O–H groups in total.